The molecule has 0 aliphatic carbocycles. The normalized spacial score (nSPS) is 11.9. The van der Waals surface area contributed by atoms with E-state index in [1.165, 1.54) is 5.56 Å². The van der Waals surface area contributed by atoms with Gasteiger partial charge in [-0.2, -0.15) is 0 Å². The molecule has 2 aromatic heterocycles. The minimum Gasteiger partial charge on any atom is -0.352 e. The summed E-state index contributed by atoms with van der Waals surface area (Å²) in [5, 5.41) is 10.5. The fraction of sp³-hybridized carbons (Fsp3) is 0.263. The van der Waals surface area contributed by atoms with E-state index in [0.717, 1.165) is 12.8 Å². The van der Waals surface area contributed by atoms with E-state index in [9.17, 15) is 4.79 Å². The van der Waals surface area contributed by atoms with Crippen molar-refractivity contribution in [1.82, 2.24) is 25.1 Å². The van der Waals surface area contributed by atoms with Crippen molar-refractivity contribution >= 4 is 5.91 Å². The highest BCUT2D eigenvalue weighted by Gasteiger charge is 2.11. The van der Waals surface area contributed by atoms with Crippen LogP contribution in [0.3, 0.4) is 0 Å². The number of nitrogens with zero attached hydrogens (tertiary/aromatic N) is 4. The molecular formula is C19H21N5O. The van der Waals surface area contributed by atoms with Crippen LogP contribution >= 0.6 is 0 Å². The van der Waals surface area contributed by atoms with E-state index >= 15 is 0 Å². The fourth-order valence-corrected chi connectivity index (χ4v) is 2.64. The van der Waals surface area contributed by atoms with Gasteiger partial charge in [0.25, 0.3) is 5.91 Å². The molecule has 3 rings (SSSR count). The first-order valence-corrected chi connectivity index (χ1v) is 8.39. The summed E-state index contributed by atoms with van der Waals surface area (Å²) in [6.45, 7) is 2.80. The predicted octanol–water partition coefficient (Wildman–Crippen LogP) is 2.66. The molecule has 6 heteroatoms. The molecule has 2 heterocycles. The Bertz CT molecular complexity index is 784. The zero-order chi connectivity index (χ0) is 17.5. The zero-order valence-corrected chi connectivity index (χ0v) is 14.2. The van der Waals surface area contributed by atoms with Crippen LogP contribution in [0, 0.1) is 5.92 Å². The summed E-state index contributed by atoms with van der Waals surface area (Å²) in [5.41, 5.74) is 1.84. The second kappa shape index (κ2) is 8.19. The molecule has 0 aliphatic rings. The number of hydrogen-bond acceptors (Lipinski definition) is 4. The van der Waals surface area contributed by atoms with Gasteiger partial charge in [0, 0.05) is 12.7 Å². The molecule has 0 aliphatic heterocycles. The summed E-state index contributed by atoms with van der Waals surface area (Å²) in [5.74, 6) is 0.988. The van der Waals surface area contributed by atoms with Gasteiger partial charge >= 0.3 is 0 Å². The summed E-state index contributed by atoms with van der Waals surface area (Å²) in [6, 6.07) is 13.9. The van der Waals surface area contributed by atoms with Gasteiger partial charge in [-0.05, 0) is 30.0 Å². The van der Waals surface area contributed by atoms with E-state index in [-0.39, 0.29) is 5.91 Å². The molecule has 25 heavy (non-hydrogen) atoms. The molecular weight excluding hydrogens is 314 g/mol. The molecule has 0 fully saturated rings. The number of aromatic nitrogens is 4. The van der Waals surface area contributed by atoms with Gasteiger partial charge in [0.2, 0.25) is 0 Å². The van der Waals surface area contributed by atoms with Crippen molar-refractivity contribution in [2.24, 2.45) is 5.92 Å². The first-order chi connectivity index (χ1) is 12.3. The summed E-state index contributed by atoms with van der Waals surface area (Å²) < 4.78 is 1.69. The molecule has 1 amide bonds. The Hall–Kier alpha value is -3.02. The predicted molar refractivity (Wildman–Crippen MR) is 95.4 cm³/mol. The average Bonchev–Trinajstić information content (AvgIpc) is 3.20. The second-order valence-electron chi connectivity index (χ2n) is 5.95. The Morgan fingerprint density at radius 2 is 1.88 bits per heavy atom. The maximum absolute atomic E-state index is 12.3. The Kier molecular flexibility index (Phi) is 5.51. The monoisotopic (exact) mass is 335 g/mol. The summed E-state index contributed by atoms with van der Waals surface area (Å²) in [6.07, 6.45) is 6.68. The topological polar surface area (TPSA) is 72.7 Å². The molecule has 3 aromatic rings. The van der Waals surface area contributed by atoms with Crippen molar-refractivity contribution in [2.75, 3.05) is 6.54 Å². The van der Waals surface area contributed by atoms with E-state index in [0.29, 0.717) is 23.8 Å². The number of rotatable bonds is 7. The van der Waals surface area contributed by atoms with Crippen LogP contribution < -0.4 is 5.32 Å². The van der Waals surface area contributed by atoms with Crippen molar-refractivity contribution in [2.45, 2.75) is 19.8 Å². The van der Waals surface area contributed by atoms with Crippen LogP contribution in [0.2, 0.25) is 0 Å². The van der Waals surface area contributed by atoms with Crippen molar-refractivity contribution in [3.8, 4) is 5.82 Å². The van der Waals surface area contributed by atoms with E-state index in [2.05, 4.69) is 39.6 Å². The molecule has 0 saturated carbocycles. The first kappa shape index (κ1) is 16.8. The van der Waals surface area contributed by atoms with Gasteiger partial charge < -0.3 is 5.32 Å². The standard InChI is InChI=1S/C19H21N5O/c1-2-15(10-16-6-4-3-5-7-16)11-21-19(25)17-8-9-18(20-12-17)24-13-22-23-14-24/h3-9,12-15H,2,10-11H2,1H3,(H,21,25)/t15-/m0/s1. The molecule has 6 nitrogen and oxygen atoms in total. The van der Waals surface area contributed by atoms with Gasteiger partial charge in [-0.1, -0.05) is 43.7 Å². The third-order valence-corrected chi connectivity index (χ3v) is 4.19. The molecule has 128 valence electrons. The minimum atomic E-state index is -0.102. The van der Waals surface area contributed by atoms with Crippen molar-refractivity contribution in [3.05, 3.63) is 72.4 Å². The third-order valence-electron chi connectivity index (χ3n) is 4.19. The lowest BCUT2D eigenvalue weighted by Crippen LogP contribution is -2.30. The Balaban J connectivity index is 1.56. The minimum absolute atomic E-state index is 0.102. The van der Waals surface area contributed by atoms with Gasteiger partial charge in [0.15, 0.2) is 0 Å². The van der Waals surface area contributed by atoms with E-state index in [1.807, 2.05) is 18.2 Å². The molecule has 0 saturated heterocycles. The van der Waals surface area contributed by atoms with Crippen LogP contribution in [0.25, 0.3) is 5.82 Å². The van der Waals surface area contributed by atoms with Crippen molar-refractivity contribution < 1.29 is 4.79 Å². The fourth-order valence-electron chi connectivity index (χ4n) is 2.64. The average molecular weight is 335 g/mol. The lowest BCUT2D eigenvalue weighted by atomic mass is 9.97. The Morgan fingerprint density at radius 1 is 1.12 bits per heavy atom. The van der Waals surface area contributed by atoms with Gasteiger partial charge in [-0.3, -0.25) is 9.36 Å². The van der Waals surface area contributed by atoms with E-state index in [1.54, 1.807) is 35.6 Å². The van der Waals surface area contributed by atoms with Gasteiger partial charge in [-0.15, -0.1) is 10.2 Å². The first-order valence-electron chi connectivity index (χ1n) is 8.39. The summed E-state index contributed by atoms with van der Waals surface area (Å²) >= 11 is 0. The molecule has 0 spiro atoms. The third kappa shape index (κ3) is 4.50. The number of pyridine rings is 1. The quantitative estimate of drug-likeness (QED) is 0.720. The largest absolute Gasteiger partial charge is 0.352 e. The molecule has 1 aromatic carbocycles. The number of amides is 1. The number of nitrogens with one attached hydrogen (secondary N) is 1. The number of carbonyl (C=O) groups is 1. The van der Waals surface area contributed by atoms with Crippen LogP contribution in [-0.4, -0.2) is 32.2 Å². The lowest BCUT2D eigenvalue weighted by Gasteiger charge is -2.16. The highest BCUT2D eigenvalue weighted by molar-refractivity contribution is 5.93. The lowest BCUT2D eigenvalue weighted by molar-refractivity contribution is 0.0946. The maximum atomic E-state index is 12.3. The smallest absolute Gasteiger partial charge is 0.252 e. The molecule has 1 atom stereocenters. The summed E-state index contributed by atoms with van der Waals surface area (Å²) in [7, 11) is 0. The Labute approximate surface area is 146 Å². The van der Waals surface area contributed by atoms with E-state index < -0.39 is 0 Å². The maximum Gasteiger partial charge on any atom is 0.252 e. The number of benzene rings is 1. The van der Waals surface area contributed by atoms with Crippen LogP contribution in [0.4, 0.5) is 0 Å². The van der Waals surface area contributed by atoms with E-state index in [4.69, 9.17) is 0 Å². The molecule has 0 radical (unpaired) electrons. The number of carbonyl (C=O) groups excluding carboxylic acids is 1. The summed E-state index contributed by atoms with van der Waals surface area (Å²) in [4.78, 5) is 16.6. The highest BCUT2D eigenvalue weighted by Crippen LogP contribution is 2.12. The molecule has 0 unspecified atom stereocenters. The SMILES string of the molecule is CC[C@H](CNC(=O)c1ccc(-n2cnnc2)nc1)Cc1ccccc1. The van der Waals surface area contributed by atoms with Crippen LogP contribution in [0.15, 0.2) is 61.3 Å². The van der Waals surface area contributed by atoms with Crippen LogP contribution in [0.1, 0.15) is 29.3 Å². The van der Waals surface area contributed by atoms with Crippen LogP contribution in [0.5, 0.6) is 0 Å². The van der Waals surface area contributed by atoms with Crippen molar-refractivity contribution in [3.63, 3.8) is 0 Å². The number of hydrogen-bond donors (Lipinski definition) is 1. The molecule has 1 N–H and O–H groups in total. The van der Waals surface area contributed by atoms with Gasteiger partial charge in [0.05, 0.1) is 5.56 Å². The van der Waals surface area contributed by atoms with Crippen LogP contribution in [-0.2, 0) is 6.42 Å². The highest BCUT2D eigenvalue weighted by atomic mass is 16.1. The van der Waals surface area contributed by atoms with Crippen molar-refractivity contribution in [1.29, 1.82) is 0 Å². The second-order valence-corrected chi connectivity index (χ2v) is 5.95. The zero-order valence-electron chi connectivity index (χ0n) is 14.2. The molecule has 0 bridgehead atoms. The Morgan fingerprint density at radius 3 is 2.52 bits per heavy atom. The van der Waals surface area contributed by atoms with Gasteiger partial charge in [0.1, 0.15) is 18.5 Å². The van der Waals surface area contributed by atoms with Gasteiger partial charge in [-0.25, -0.2) is 4.98 Å².